The van der Waals surface area contributed by atoms with Crippen molar-refractivity contribution in [1.82, 2.24) is 10.3 Å². The van der Waals surface area contributed by atoms with Crippen LogP contribution < -0.4 is 5.32 Å². The summed E-state index contributed by atoms with van der Waals surface area (Å²) in [5, 5.41) is 10.9. The van der Waals surface area contributed by atoms with Crippen LogP contribution in [-0.4, -0.2) is 28.1 Å². The largest absolute Gasteiger partial charge is 0.480 e. The van der Waals surface area contributed by atoms with Gasteiger partial charge in [0.2, 0.25) is 0 Å². The third-order valence-corrected chi connectivity index (χ3v) is 1.60. The van der Waals surface area contributed by atoms with Gasteiger partial charge in [-0.25, -0.2) is 0 Å². The van der Waals surface area contributed by atoms with Crippen LogP contribution in [0.15, 0.2) is 24.5 Å². The van der Waals surface area contributed by atoms with E-state index in [4.69, 9.17) is 5.11 Å². The Morgan fingerprint density at radius 1 is 1.42 bits per heavy atom. The number of rotatable bonds is 1. The van der Waals surface area contributed by atoms with E-state index in [0.29, 0.717) is 0 Å². The third kappa shape index (κ3) is 2.75. The Hall–Kier alpha value is -1.29. The molecule has 0 aliphatic carbocycles. The number of nitrogens with one attached hydrogen (secondary N) is 2. The molecule has 0 bridgehead atoms. The summed E-state index contributed by atoms with van der Waals surface area (Å²) in [6.45, 7) is 1.85. The Kier molecular flexibility index (Phi) is 2.88. The van der Waals surface area contributed by atoms with Gasteiger partial charge in [0.1, 0.15) is 6.04 Å². The lowest BCUT2D eigenvalue weighted by Crippen LogP contribution is -2.07. The number of aromatic amines is 1. The summed E-state index contributed by atoms with van der Waals surface area (Å²) >= 11 is 0. The lowest BCUT2D eigenvalue weighted by molar-refractivity contribution is -0.136. The third-order valence-electron chi connectivity index (χ3n) is 1.60. The Morgan fingerprint density at radius 3 is 2.00 bits per heavy atom. The zero-order chi connectivity index (χ0) is 8.97. The number of hydrogen-bond donors (Lipinski definition) is 3. The highest BCUT2D eigenvalue weighted by Gasteiger charge is 2.38. The number of hydrogen-bond acceptors (Lipinski definition) is 2. The maximum atomic E-state index is 9.91. The summed E-state index contributed by atoms with van der Waals surface area (Å²) in [5.41, 5.74) is 0. The molecule has 0 radical (unpaired) electrons. The molecule has 1 aromatic rings. The van der Waals surface area contributed by atoms with Gasteiger partial charge in [0.25, 0.3) is 0 Å². The zero-order valence-corrected chi connectivity index (χ0v) is 6.82. The van der Waals surface area contributed by atoms with Gasteiger partial charge in [0, 0.05) is 18.4 Å². The van der Waals surface area contributed by atoms with Gasteiger partial charge >= 0.3 is 5.97 Å². The summed E-state index contributed by atoms with van der Waals surface area (Å²) in [6.07, 6.45) is 3.75. The van der Waals surface area contributed by atoms with Gasteiger partial charge in [-0.05, 0) is 19.1 Å². The molecule has 12 heavy (non-hydrogen) atoms. The van der Waals surface area contributed by atoms with Gasteiger partial charge in [-0.3, -0.25) is 10.1 Å². The molecule has 1 fully saturated rings. The Labute approximate surface area is 70.6 Å². The lowest BCUT2D eigenvalue weighted by Gasteiger charge is -1.77. The molecule has 0 aromatic carbocycles. The Bertz CT molecular complexity index is 216. The summed E-state index contributed by atoms with van der Waals surface area (Å²) in [7, 11) is 0. The van der Waals surface area contributed by atoms with Gasteiger partial charge in [0.05, 0.1) is 0 Å². The SMILES string of the molecule is C[C@@H]1N[C@@H]1C(=O)O.c1cc[nH]c1. The Morgan fingerprint density at radius 2 is 1.92 bits per heavy atom. The van der Waals surface area contributed by atoms with Crippen molar-refractivity contribution in [3.05, 3.63) is 24.5 Å². The van der Waals surface area contributed by atoms with E-state index < -0.39 is 5.97 Å². The van der Waals surface area contributed by atoms with Gasteiger partial charge in [0.15, 0.2) is 0 Å². The van der Waals surface area contributed by atoms with E-state index >= 15 is 0 Å². The van der Waals surface area contributed by atoms with E-state index in [0.717, 1.165) is 0 Å². The normalized spacial score (nSPS) is 25.4. The van der Waals surface area contributed by atoms with Crippen molar-refractivity contribution in [2.45, 2.75) is 19.0 Å². The van der Waals surface area contributed by atoms with Crippen molar-refractivity contribution in [1.29, 1.82) is 0 Å². The minimum absolute atomic E-state index is 0.192. The molecule has 3 N–H and O–H groups in total. The van der Waals surface area contributed by atoms with Crippen molar-refractivity contribution in [3.63, 3.8) is 0 Å². The molecule has 2 rings (SSSR count). The highest BCUT2D eigenvalue weighted by atomic mass is 16.4. The summed E-state index contributed by atoms with van der Waals surface area (Å²) in [6, 6.07) is 3.82. The van der Waals surface area contributed by atoms with E-state index in [1.807, 2.05) is 31.5 Å². The smallest absolute Gasteiger partial charge is 0.322 e. The van der Waals surface area contributed by atoms with Crippen LogP contribution in [-0.2, 0) is 4.79 Å². The number of carboxylic acid groups (broad SMARTS) is 1. The van der Waals surface area contributed by atoms with Crippen LogP contribution in [0.1, 0.15) is 6.92 Å². The van der Waals surface area contributed by atoms with Crippen LogP contribution in [0.3, 0.4) is 0 Å². The zero-order valence-electron chi connectivity index (χ0n) is 6.82. The highest BCUT2D eigenvalue weighted by Crippen LogP contribution is 2.07. The van der Waals surface area contributed by atoms with Gasteiger partial charge in [-0.1, -0.05) is 0 Å². The molecule has 4 nitrogen and oxygen atoms in total. The fourth-order valence-electron chi connectivity index (χ4n) is 0.791. The van der Waals surface area contributed by atoms with E-state index in [-0.39, 0.29) is 12.1 Å². The average molecular weight is 168 g/mol. The van der Waals surface area contributed by atoms with Crippen LogP contribution in [0.5, 0.6) is 0 Å². The number of aromatic nitrogens is 1. The first-order valence-corrected chi connectivity index (χ1v) is 3.78. The molecule has 0 saturated carbocycles. The van der Waals surface area contributed by atoms with E-state index in [9.17, 15) is 4.79 Å². The van der Waals surface area contributed by atoms with E-state index in [1.165, 1.54) is 0 Å². The monoisotopic (exact) mass is 168 g/mol. The van der Waals surface area contributed by atoms with Crippen molar-refractivity contribution in [2.24, 2.45) is 0 Å². The molecule has 2 atom stereocenters. The Balaban J connectivity index is 0.000000127. The summed E-state index contributed by atoms with van der Waals surface area (Å²) in [5.74, 6) is -0.743. The molecule has 1 aliphatic rings. The highest BCUT2D eigenvalue weighted by molar-refractivity contribution is 5.77. The molecular formula is C8H12N2O2. The molecule has 2 heterocycles. The standard InChI is InChI=1S/C4H7NO2.C4H5N/c1-2-3(5-2)4(6)7;1-2-4-5-3-1/h2-3,5H,1H3,(H,6,7);1-5H/t2-,3-;/m0./s1. The van der Waals surface area contributed by atoms with Gasteiger partial charge < -0.3 is 10.1 Å². The molecule has 0 amide bonds. The molecule has 1 saturated heterocycles. The topological polar surface area (TPSA) is 75.0 Å². The number of aliphatic carboxylic acids is 1. The number of carbonyl (C=O) groups is 1. The predicted octanol–water partition coefficient (Wildman–Crippen LogP) is 0.446. The van der Waals surface area contributed by atoms with Crippen molar-refractivity contribution >= 4 is 5.97 Å². The maximum Gasteiger partial charge on any atom is 0.322 e. The number of H-pyrrole nitrogens is 1. The number of carboxylic acids is 1. The van der Waals surface area contributed by atoms with Crippen molar-refractivity contribution < 1.29 is 9.90 Å². The maximum absolute atomic E-state index is 9.91. The molecule has 0 unspecified atom stereocenters. The molecule has 66 valence electrons. The first kappa shape index (κ1) is 8.80. The minimum atomic E-state index is -0.743. The molecular weight excluding hydrogens is 156 g/mol. The first-order chi connectivity index (χ1) is 5.72. The molecule has 1 aliphatic heterocycles. The molecule has 4 heteroatoms. The minimum Gasteiger partial charge on any atom is -0.480 e. The second kappa shape index (κ2) is 3.92. The predicted molar refractivity (Wildman–Crippen MR) is 44.8 cm³/mol. The van der Waals surface area contributed by atoms with Crippen LogP contribution in [0.25, 0.3) is 0 Å². The van der Waals surface area contributed by atoms with Crippen LogP contribution >= 0.6 is 0 Å². The van der Waals surface area contributed by atoms with Gasteiger partial charge in [-0.15, -0.1) is 0 Å². The molecule has 1 aromatic heterocycles. The second-order valence-electron chi connectivity index (χ2n) is 2.66. The molecule has 0 spiro atoms. The fraction of sp³-hybridized carbons (Fsp3) is 0.375. The van der Waals surface area contributed by atoms with Crippen LogP contribution in [0.4, 0.5) is 0 Å². The van der Waals surface area contributed by atoms with Crippen LogP contribution in [0, 0.1) is 0 Å². The van der Waals surface area contributed by atoms with Crippen molar-refractivity contribution in [2.75, 3.05) is 0 Å². The average Bonchev–Trinajstić information content (AvgIpc) is 2.58. The lowest BCUT2D eigenvalue weighted by atomic mass is 10.4. The quantitative estimate of drug-likeness (QED) is 0.533. The second-order valence-corrected chi connectivity index (χ2v) is 2.66. The van der Waals surface area contributed by atoms with Crippen molar-refractivity contribution in [3.8, 4) is 0 Å². The summed E-state index contributed by atoms with van der Waals surface area (Å²) in [4.78, 5) is 12.8. The van der Waals surface area contributed by atoms with Crippen LogP contribution in [0.2, 0.25) is 0 Å². The fourth-order valence-corrected chi connectivity index (χ4v) is 0.791. The van der Waals surface area contributed by atoms with E-state index in [2.05, 4.69) is 10.3 Å². The van der Waals surface area contributed by atoms with Gasteiger partial charge in [-0.2, -0.15) is 0 Å². The summed E-state index contributed by atoms with van der Waals surface area (Å²) < 4.78 is 0. The van der Waals surface area contributed by atoms with E-state index in [1.54, 1.807) is 0 Å². The first-order valence-electron chi connectivity index (χ1n) is 3.78.